The summed E-state index contributed by atoms with van der Waals surface area (Å²) in [5, 5.41) is 0. The zero-order valence-corrected chi connectivity index (χ0v) is 23.3. The van der Waals surface area contributed by atoms with Crippen LogP contribution < -0.4 is 4.90 Å². The topological polar surface area (TPSA) is 66.9 Å². The highest BCUT2D eigenvalue weighted by molar-refractivity contribution is 5.90. The fourth-order valence-corrected chi connectivity index (χ4v) is 5.95. The molecular weight excluding hydrogens is 507 g/mol. The Hall–Kier alpha value is -3.80. The Bertz CT molecular complexity index is 1300. The van der Waals surface area contributed by atoms with Gasteiger partial charge in [0.25, 0.3) is 0 Å². The first-order chi connectivity index (χ1) is 19.4. The molecule has 0 saturated carbocycles. The second kappa shape index (κ2) is 13.5. The number of halogens is 1. The summed E-state index contributed by atoms with van der Waals surface area (Å²) in [6.45, 7) is 7.69. The van der Waals surface area contributed by atoms with Gasteiger partial charge in [-0.2, -0.15) is 9.59 Å². The van der Waals surface area contributed by atoms with Crippen molar-refractivity contribution in [3.63, 3.8) is 0 Å². The van der Waals surface area contributed by atoms with Crippen molar-refractivity contribution in [1.29, 1.82) is 0 Å². The molecule has 2 saturated heterocycles. The number of anilines is 1. The highest BCUT2D eigenvalue weighted by Gasteiger charge is 2.47. The Morgan fingerprint density at radius 2 is 1.52 bits per heavy atom. The maximum atomic E-state index is 14.1. The SMILES string of the molecule is CCCc1cc(CN2CCC3(CC2)CN(c2ccccc2)C(=O)O3)cc(CCC)c1-c1cccc(F)c1.O=C=O. The third-order valence-corrected chi connectivity index (χ3v) is 7.73. The number of ether oxygens (including phenoxy) is 1. The molecule has 2 aliphatic rings. The minimum atomic E-state index is -0.397. The molecule has 0 radical (unpaired) electrons. The largest absolute Gasteiger partial charge is 0.441 e. The lowest BCUT2D eigenvalue weighted by atomic mass is 9.87. The third kappa shape index (κ3) is 6.85. The van der Waals surface area contributed by atoms with E-state index in [1.54, 1.807) is 11.0 Å². The van der Waals surface area contributed by atoms with Gasteiger partial charge in [0.15, 0.2) is 0 Å². The second-order valence-corrected chi connectivity index (χ2v) is 10.6. The minimum absolute atomic E-state index is 0.188. The Kier molecular flexibility index (Phi) is 9.86. The molecule has 0 bridgehead atoms. The Morgan fingerprint density at radius 3 is 2.10 bits per heavy atom. The maximum absolute atomic E-state index is 14.1. The van der Waals surface area contributed by atoms with E-state index >= 15 is 0 Å². The summed E-state index contributed by atoms with van der Waals surface area (Å²) in [7, 11) is 0. The summed E-state index contributed by atoms with van der Waals surface area (Å²) < 4.78 is 20.1. The molecule has 3 aromatic rings. The molecule has 0 aromatic heterocycles. The average Bonchev–Trinajstić information content (AvgIpc) is 3.27. The van der Waals surface area contributed by atoms with E-state index in [-0.39, 0.29) is 18.1 Å². The number of nitrogens with zero attached hydrogens (tertiary/aromatic N) is 2. The van der Waals surface area contributed by atoms with E-state index in [1.165, 1.54) is 28.3 Å². The molecule has 6 nitrogen and oxygen atoms in total. The van der Waals surface area contributed by atoms with Crippen LogP contribution in [0.2, 0.25) is 0 Å². The second-order valence-electron chi connectivity index (χ2n) is 10.6. The number of hydrogen-bond donors (Lipinski definition) is 0. The van der Waals surface area contributed by atoms with Crippen LogP contribution in [0, 0.1) is 5.82 Å². The van der Waals surface area contributed by atoms with Crippen molar-refractivity contribution in [3.8, 4) is 11.1 Å². The molecule has 1 spiro atoms. The number of rotatable bonds is 8. The van der Waals surface area contributed by atoms with Crippen LogP contribution in [0.3, 0.4) is 0 Å². The predicted octanol–water partition coefficient (Wildman–Crippen LogP) is 6.81. The van der Waals surface area contributed by atoms with E-state index in [0.717, 1.165) is 69.4 Å². The normalized spacial score (nSPS) is 16.3. The fourth-order valence-electron chi connectivity index (χ4n) is 5.95. The predicted molar refractivity (Wildman–Crippen MR) is 152 cm³/mol. The molecule has 0 aliphatic carbocycles. The first kappa shape index (κ1) is 29.2. The molecule has 1 amide bonds. The van der Waals surface area contributed by atoms with E-state index in [9.17, 15) is 9.18 Å². The van der Waals surface area contributed by atoms with Crippen LogP contribution in [0.15, 0.2) is 66.7 Å². The summed E-state index contributed by atoms with van der Waals surface area (Å²) in [6, 6.07) is 21.5. The third-order valence-electron chi connectivity index (χ3n) is 7.73. The van der Waals surface area contributed by atoms with Gasteiger partial charge in [0.05, 0.1) is 6.54 Å². The summed E-state index contributed by atoms with van der Waals surface area (Å²) >= 11 is 0. The van der Waals surface area contributed by atoms with Crippen molar-refractivity contribution in [2.75, 3.05) is 24.5 Å². The van der Waals surface area contributed by atoms with Gasteiger partial charge in [0.2, 0.25) is 0 Å². The molecule has 0 N–H and O–H groups in total. The van der Waals surface area contributed by atoms with Crippen LogP contribution in [0.5, 0.6) is 0 Å². The Morgan fingerprint density at radius 1 is 0.900 bits per heavy atom. The highest BCUT2D eigenvalue weighted by Crippen LogP contribution is 2.37. The van der Waals surface area contributed by atoms with Crippen molar-refractivity contribution in [2.45, 2.75) is 64.5 Å². The van der Waals surface area contributed by atoms with Gasteiger partial charge in [0.1, 0.15) is 11.4 Å². The van der Waals surface area contributed by atoms with Crippen molar-refractivity contribution < 1.29 is 23.5 Å². The number of carbonyl (C=O) groups excluding carboxylic acids is 3. The van der Waals surface area contributed by atoms with Gasteiger partial charge >= 0.3 is 12.2 Å². The van der Waals surface area contributed by atoms with Gasteiger partial charge in [-0.05, 0) is 64.9 Å². The Labute approximate surface area is 235 Å². The van der Waals surface area contributed by atoms with Crippen molar-refractivity contribution in [2.24, 2.45) is 0 Å². The lowest BCUT2D eigenvalue weighted by Gasteiger charge is -2.37. The van der Waals surface area contributed by atoms with Gasteiger partial charge in [0, 0.05) is 38.2 Å². The molecule has 2 fully saturated rings. The summed E-state index contributed by atoms with van der Waals surface area (Å²) in [6.07, 6.45) is 5.75. The van der Waals surface area contributed by atoms with Crippen LogP contribution in [-0.2, 0) is 33.7 Å². The summed E-state index contributed by atoms with van der Waals surface area (Å²) in [5.41, 5.74) is 6.63. The molecule has 7 heteroatoms. The number of para-hydroxylation sites is 1. The number of likely N-dealkylation sites (tertiary alicyclic amines) is 1. The number of piperidine rings is 1. The van der Waals surface area contributed by atoms with Gasteiger partial charge in [-0.25, -0.2) is 9.18 Å². The zero-order chi connectivity index (χ0) is 28.5. The number of benzene rings is 3. The maximum Gasteiger partial charge on any atom is 0.415 e. The molecule has 3 aromatic carbocycles. The number of hydrogen-bond acceptors (Lipinski definition) is 5. The number of amides is 1. The first-order valence-electron chi connectivity index (χ1n) is 14.1. The molecule has 0 unspecified atom stereocenters. The van der Waals surface area contributed by atoms with E-state index in [2.05, 4.69) is 30.9 Å². The molecule has 2 aliphatic heterocycles. The van der Waals surface area contributed by atoms with E-state index in [4.69, 9.17) is 14.3 Å². The smallest absolute Gasteiger partial charge is 0.415 e. The first-order valence-corrected chi connectivity index (χ1v) is 14.1. The molecule has 210 valence electrons. The molecule has 2 heterocycles. The molecule has 40 heavy (non-hydrogen) atoms. The van der Waals surface area contributed by atoms with E-state index in [0.29, 0.717) is 6.54 Å². The quantitative estimate of drug-likeness (QED) is 0.312. The molecular formula is C33H37FN2O4. The zero-order valence-electron chi connectivity index (χ0n) is 23.3. The van der Waals surface area contributed by atoms with Gasteiger partial charge in [-0.1, -0.05) is 69.2 Å². The van der Waals surface area contributed by atoms with Crippen LogP contribution in [0.25, 0.3) is 11.1 Å². The van der Waals surface area contributed by atoms with Gasteiger partial charge in [-0.15, -0.1) is 0 Å². The monoisotopic (exact) mass is 544 g/mol. The van der Waals surface area contributed by atoms with Gasteiger partial charge < -0.3 is 4.74 Å². The minimum Gasteiger partial charge on any atom is -0.441 e. The van der Waals surface area contributed by atoms with Crippen LogP contribution in [0.1, 0.15) is 56.2 Å². The van der Waals surface area contributed by atoms with Gasteiger partial charge in [-0.3, -0.25) is 9.80 Å². The van der Waals surface area contributed by atoms with Crippen molar-refractivity contribution >= 4 is 17.9 Å². The molecule has 5 rings (SSSR count). The Balaban J connectivity index is 0.00000118. The summed E-state index contributed by atoms with van der Waals surface area (Å²) in [4.78, 5) is 33.2. The average molecular weight is 545 g/mol. The van der Waals surface area contributed by atoms with E-state index in [1.807, 2.05) is 42.5 Å². The van der Waals surface area contributed by atoms with Crippen molar-refractivity contribution in [3.05, 3.63) is 89.2 Å². The molecule has 0 atom stereocenters. The standard InChI is InChI=1S/C32H37FN2O2.CO2/c1-3-9-25-19-24(20-26(10-4-2)30(25)27-11-8-12-28(33)21-27)22-34-17-15-32(16-18-34)23-35(31(36)37-32)29-13-6-5-7-14-29;2-1-3/h5-8,11-14,19-21H,3-4,9-10,15-18,22-23H2,1-2H3;. The summed E-state index contributed by atoms with van der Waals surface area (Å²) in [5.74, 6) is -0.188. The van der Waals surface area contributed by atoms with Crippen LogP contribution in [0.4, 0.5) is 14.9 Å². The van der Waals surface area contributed by atoms with Crippen LogP contribution >= 0.6 is 0 Å². The lowest BCUT2D eigenvalue weighted by Crippen LogP contribution is -2.46. The van der Waals surface area contributed by atoms with E-state index < -0.39 is 5.60 Å². The lowest BCUT2D eigenvalue weighted by molar-refractivity contribution is -0.191. The number of carbonyl (C=O) groups is 1. The van der Waals surface area contributed by atoms with Crippen molar-refractivity contribution in [1.82, 2.24) is 4.90 Å². The highest BCUT2D eigenvalue weighted by atomic mass is 19.1. The van der Waals surface area contributed by atoms with Crippen LogP contribution in [-0.4, -0.2) is 42.4 Å². The fraction of sp³-hybridized carbons (Fsp3) is 0.394. The number of aryl methyl sites for hydroxylation is 2.